The third-order valence-corrected chi connectivity index (χ3v) is 3.83. The van der Waals surface area contributed by atoms with E-state index in [9.17, 15) is 9.18 Å². The van der Waals surface area contributed by atoms with E-state index in [1.165, 1.54) is 20.3 Å². The van der Waals surface area contributed by atoms with Gasteiger partial charge in [-0.15, -0.1) is 0 Å². The Morgan fingerprint density at radius 2 is 2.15 bits per heavy atom. The van der Waals surface area contributed by atoms with E-state index in [0.29, 0.717) is 5.75 Å². The molecule has 0 amide bonds. The minimum absolute atomic E-state index is 0.0892. The molecule has 0 aliphatic heterocycles. The van der Waals surface area contributed by atoms with Crippen LogP contribution in [0.2, 0.25) is 5.02 Å². The number of halogens is 2. The minimum atomic E-state index is -0.970. The van der Waals surface area contributed by atoms with Gasteiger partial charge >= 0.3 is 5.97 Å². The van der Waals surface area contributed by atoms with Crippen LogP contribution in [0.4, 0.5) is 4.39 Å². The van der Waals surface area contributed by atoms with E-state index in [1.54, 1.807) is 0 Å². The van der Waals surface area contributed by atoms with Gasteiger partial charge in [-0.05, 0) is 18.8 Å². The van der Waals surface area contributed by atoms with Crippen LogP contribution in [-0.4, -0.2) is 25.3 Å². The van der Waals surface area contributed by atoms with Gasteiger partial charge in [0.2, 0.25) is 0 Å². The van der Waals surface area contributed by atoms with E-state index in [4.69, 9.17) is 26.2 Å². The second kappa shape index (κ2) is 5.87. The van der Waals surface area contributed by atoms with E-state index >= 15 is 0 Å². The summed E-state index contributed by atoms with van der Waals surface area (Å²) in [5.74, 6) is -1.35. The van der Waals surface area contributed by atoms with Crippen molar-refractivity contribution >= 4 is 17.6 Å². The highest BCUT2D eigenvalue weighted by atomic mass is 35.5. The van der Waals surface area contributed by atoms with Crippen LogP contribution in [0.5, 0.6) is 11.5 Å². The number of carboxylic acid groups (broad SMARTS) is 1. The zero-order valence-electron chi connectivity index (χ0n) is 11.3. The monoisotopic (exact) mass is 302 g/mol. The highest BCUT2D eigenvalue weighted by Gasteiger charge is 2.38. The molecule has 0 aromatic heterocycles. The molecule has 0 bridgehead atoms. The summed E-state index contributed by atoms with van der Waals surface area (Å²) < 4.78 is 24.8. The molecule has 6 heteroatoms. The summed E-state index contributed by atoms with van der Waals surface area (Å²) in [5.41, 5.74) is 0.210. The summed E-state index contributed by atoms with van der Waals surface area (Å²) in [6.45, 7) is 0. The summed E-state index contributed by atoms with van der Waals surface area (Å²) in [5, 5.41) is 8.96. The fourth-order valence-corrected chi connectivity index (χ4v) is 2.69. The number of benzene rings is 1. The van der Waals surface area contributed by atoms with E-state index < -0.39 is 17.7 Å². The zero-order valence-corrected chi connectivity index (χ0v) is 12.0. The van der Waals surface area contributed by atoms with Crippen molar-refractivity contribution in [2.24, 2.45) is 5.92 Å². The highest BCUT2D eigenvalue weighted by Crippen LogP contribution is 2.51. The molecule has 1 atom stereocenters. The van der Waals surface area contributed by atoms with Gasteiger partial charge in [0.25, 0.3) is 0 Å². The molecule has 1 aliphatic rings. The first-order chi connectivity index (χ1) is 9.49. The summed E-state index contributed by atoms with van der Waals surface area (Å²) >= 11 is 5.87. The Balaban J connectivity index is 2.56. The quantitative estimate of drug-likeness (QED) is 0.874. The number of hydrogen-bond donors (Lipinski definition) is 1. The lowest BCUT2D eigenvalue weighted by atomic mass is 9.89. The minimum Gasteiger partial charge on any atom is -0.493 e. The number of carbonyl (C=O) groups is 1. The maximum absolute atomic E-state index is 14.4. The van der Waals surface area contributed by atoms with Crippen molar-refractivity contribution in [2.45, 2.75) is 25.2 Å². The van der Waals surface area contributed by atoms with Crippen LogP contribution in [0.1, 0.15) is 30.7 Å². The Kier molecular flexibility index (Phi) is 4.38. The Labute approximate surface area is 121 Å². The predicted octanol–water partition coefficient (Wildman–Crippen LogP) is 3.46. The van der Waals surface area contributed by atoms with Crippen LogP contribution in [0.15, 0.2) is 6.07 Å². The maximum atomic E-state index is 14.4. The first-order valence-corrected chi connectivity index (χ1v) is 6.69. The van der Waals surface area contributed by atoms with Gasteiger partial charge in [-0.25, -0.2) is 4.39 Å². The van der Waals surface area contributed by atoms with E-state index in [1.807, 2.05) is 0 Å². The second-order valence-corrected chi connectivity index (χ2v) is 5.27. The van der Waals surface area contributed by atoms with Crippen LogP contribution in [0, 0.1) is 11.7 Å². The van der Waals surface area contributed by atoms with Gasteiger partial charge in [0.15, 0.2) is 11.5 Å². The molecule has 1 aromatic carbocycles. The van der Waals surface area contributed by atoms with Crippen LogP contribution in [0.3, 0.4) is 0 Å². The topological polar surface area (TPSA) is 55.8 Å². The molecule has 0 radical (unpaired) electrons. The van der Waals surface area contributed by atoms with Crippen molar-refractivity contribution in [1.82, 2.24) is 0 Å². The summed E-state index contributed by atoms with van der Waals surface area (Å²) in [6, 6.07) is 1.34. The normalized spacial score (nSPS) is 15.8. The second-order valence-electron chi connectivity index (χ2n) is 4.86. The van der Waals surface area contributed by atoms with Gasteiger partial charge in [-0.3, -0.25) is 4.79 Å². The molecule has 0 heterocycles. The van der Waals surface area contributed by atoms with Crippen LogP contribution in [-0.2, 0) is 4.79 Å². The van der Waals surface area contributed by atoms with Gasteiger partial charge < -0.3 is 14.6 Å². The fourth-order valence-electron chi connectivity index (χ4n) is 2.49. The lowest BCUT2D eigenvalue weighted by Crippen LogP contribution is -2.12. The summed E-state index contributed by atoms with van der Waals surface area (Å²) in [7, 11) is 2.83. The van der Waals surface area contributed by atoms with Crippen LogP contribution < -0.4 is 9.47 Å². The van der Waals surface area contributed by atoms with Gasteiger partial charge in [0.05, 0.1) is 25.7 Å². The van der Waals surface area contributed by atoms with Crippen molar-refractivity contribution < 1.29 is 23.8 Å². The molecule has 1 aromatic rings. The third kappa shape index (κ3) is 2.82. The van der Waals surface area contributed by atoms with Gasteiger partial charge in [0, 0.05) is 17.5 Å². The van der Waals surface area contributed by atoms with Crippen molar-refractivity contribution in [2.75, 3.05) is 14.2 Å². The molecule has 4 nitrogen and oxygen atoms in total. The molecule has 1 aliphatic carbocycles. The largest absolute Gasteiger partial charge is 0.493 e. The molecule has 110 valence electrons. The summed E-state index contributed by atoms with van der Waals surface area (Å²) in [6.07, 6.45) is 1.62. The third-order valence-electron chi connectivity index (χ3n) is 3.55. The average molecular weight is 303 g/mol. The lowest BCUT2D eigenvalue weighted by Gasteiger charge is -2.21. The molecule has 1 saturated carbocycles. The van der Waals surface area contributed by atoms with Crippen LogP contribution in [0.25, 0.3) is 0 Å². The highest BCUT2D eigenvalue weighted by molar-refractivity contribution is 6.31. The number of methoxy groups -OCH3 is 2. The van der Waals surface area contributed by atoms with E-state index in [0.717, 1.165) is 12.8 Å². The molecule has 1 N–H and O–H groups in total. The Morgan fingerprint density at radius 3 is 2.60 bits per heavy atom. The lowest BCUT2D eigenvalue weighted by molar-refractivity contribution is -0.137. The fraction of sp³-hybridized carbons (Fsp3) is 0.500. The molecule has 20 heavy (non-hydrogen) atoms. The SMILES string of the molecule is COc1cc(Cl)c(F)c(C(CC(=O)O)C2CC2)c1OC. The Hall–Kier alpha value is -1.49. The number of carboxylic acids is 1. The Morgan fingerprint density at radius 1 is 1.50 bits per heavy atom. The van der Waals surface area contributed by atoms with E-state index in [-0.39, 0.29) is 28.7 Å². The molecule has 2 rings (SSSR count). The molecular weight excluding hydrogens is 287 g/mol. The molecular formula is C14H16ClFO4. The Bertz CT molecular complexity index is 528. The number of rotatable bonds is 6. The van der Waals surface area contributed by atoms with Gasteiger partial charge in [-0.1, -0.05) is 11.6 Å². The van der Waals surface area contributed by atoms with Crippen molar-refractivity contribution in [3.8, 4) is 11.5 Å². The zero-order chi connectivity index (χ0) is 14.9. The van der Waals surface area contributed by atoms with E-state index in [2.05, 4.69) is 0 Å². The van der Waals surface area contributed by atoms with Gasteiger partial charge in [0.1, 0.15) is 5.82 Å². The van der Waals surface area contributed by atoms with Crippen molar-refractivity contribution in [3.05, 3.63) is 22.5 Å². The number of hydrogen-bond acceptors (Lipinski definition) is 3. The summed E-state index contributed by atoms with van der Waals surface area (Å²) in [4.78, 5) is 11.0. The molecule has 1 fully saturated rings. The van der Waals surface area contributed by atoms with Gasteiger partial charge in [-0.2, -0.15) is 0 Å². The molecule has 1 unspecified atom stereocenters. The average Bonchev–Trinajstić information content (AvgIpc) is 3.22. The number of aliphatic carboxylic acids is 1. The van der Waals surface area contributed by atoms with Crippen molar-refractivity contribution in [1.29, 1.82) is 0 Å². The smallest absolute Gasteiger partial charge is 0.303 e. The van der Waals surface area contributed by atoms with Crippen LogP contribution >= 0.6 is 11.6 Å². The predicted molar refractivity (Wildman–Crippen MR) is 72.2 cm³/mol. The first kappa shape index (κ1) is 14.9. The first-order valence-electron chi connectivity index (χ1n) is 6.31. The van der Waals surface area contributed by atoms with Crippen molar-refractivity contribution in [3.63, 3.8) is 0 Å². The maximum Gasteiger partial charge on any atom is 0.303 e. The standard InChI is InChI=1S/C14H16ClFO4/c1-19-10-6-9(15)13(16)12(14(10)20-2)8(5-11(17)18)7-3-4-7/h6-8H,3-5H2,1-2H3,(H,17,18). The molecule has 0 saturated heterocycles. The molecule has 0 spiro atoms. The number of ether oxygens (including phenoxy) is 2.